The maximum atomic E-state index is 6.20. The molecule has 0 saturated carbocycles. The molecule has 2 bridgehead atoms. The van der Waals surface area contributed by atoms with Gasteiger partial charge < -0.3 is 10.1 Å². The van der Waals surface area contributed by atoms with Crippen LogP contribution < -0.4 is 10.1 Å². The Bertz CT molecular complexity index is 812. The van der Waals surface area contributed by atoms with Crippen LogP contribution in [0.4, 0.5) is 0 Å². The third-order valence-corrected chi connectivity index (χ3v) is 5.90. The Kier molecular flexibility index (Phi) is 3.14. The Morgan fingerprint density at radius 1 is 0.913 bits per heavy atom. The molecule has 0 aromatic heterocycles. The minimum Gasteiger partial charge on any atom is -0.455 e. The van der Waals surface area contributed by atoms with Gasteiger partial charge >= 0.3 is 0 Å². The van der Waals surface area contributed by atoms with Crippen molar-refractivity contribution in [3.63, 3.8) is 0 Å². The lowest BCUT2D eigenvalue weighted by molar-refractivity contribution is 0.463. The number of halogens is 1. The van der Waals surface area contributed by atoms with Gasteiger partial charge in [-0.15, -0.1) is 0 Å². The highest BCUT2D eigenvalue weighted by Crippen LogP contribution is 2.49. The minimum atomic E-state index is 0.655. The molecule has 0 spiro atoms. The molecular formula is C20H18BrNO. The highest BCUT2D eigenvalue weighted by molar-refractivity contribution is 9.10. The van der Waals surface area contributed by atoms with Crippen LogP contribution in [0.1, 0.15) is 36.8 Å². The summed E-state index contributed by atoms with van der Waals surface area (Å²) < 4.78 is 7.23. The highest BCUT2D eigenvalue weighted by atomic mass is 79.9. The van der Waals surface area contributed by atoms with Crippen molar-refractivity contribution in [1.29, 1.82) is 0 Å². The topological polar surface area (TPSA) is 21.3 Å². The van der Waals surface area contributed by atoms with Crippen LogP contribution in [0.2, 0.25) is 0 Å². The van der Waals surface area contributed by atoms with Gasteiger partial charge in [0.1, 0.15) is 11.5 Å². The lowest BCUT2D eigenvalue weighted by atomic mass is 9.84. The number of rotatable bonds is 0. The summed E-state index contributed by atoms with van der Waals surface area (Å²) in [6.45, 7) is 0. The number of piperidine rings is 1. The summed E-state index contributed by atoms with van der Waals surface area (Å²) in [6, 6.07) is 16.1. The van der Waals surface area contributed by atoms with Crippen molar-refractivity contribution in [2.24, 2.45) is 0 Å². The highest BCUT2D eigenvalue weighted by Gasteiger charge is 2.34. The molecule has 2 aromatic rings. The second-order valence-electron chi connectivity index (χ2n) is 6.74. The first-order valence-corrected chi connectivity index (χ1v) is 9.13. The molecule has 3 aliphatic rings. The Hall–Kier alpha value is -1.58. The molecule has 23 heavy (non-hydrogen) atoms. The molecule has 3 aliphatic heterocycles. The predicted octanol–water partition coefficient (Wildman–Crippen LogP) is 5.27. The van der Waals surface area contributed by atoms with E-state index in [1.54, 1.807) is 5.57 Å². The molecule has 0 aliphatic carbocycles. The number of para-hydroxylation sites is 2. The average molecular weight is 368 g/mol. The van der Waals surface area contributed by atoms with E-state index in [4.69, 9.17) is 4.74 Å². The quantitative estimate of drug-likeness (QED) is 0.584. The second kappa shape index (κ2) is 5.22. The molecular weight excluding hydrogens is 350 g/mol. The van der Waals surface area contributed by atoms with Gasteiger partial charge in [-0.25, -0.2) is 0 Å². The fourth-order valence-corrected chi connectivity index (χ4v) is 4.76. The van der Waals surface area contributed by atoms with E-state index in [1.165, 1.54) is 29.5 Å². The standard InChI is InChI=1S/C20H18BrNO/c21-17-6-3-5-16-19(12-10-13-8-9-14(11-12)22-13)15-4-1-2-7-18(15)23-20(16)17/h1-7,13-14,22H,8-11H2/b19-12-/t13-,14+/m1/s1. The third kappa shape index (κ3) is 2.18. The fourth-order valence-electron chi connectivity index (χ4n) is 4.31. The first kappa shape index (κ1) is 13.8. The lowest BCUT2D eigenvalue weighted by Gasteiger charge is -2.30. The number of benzene rings is 2. The molecule has 2 saturated heterocycles. The van der Waals surface area contributed by atoms with Crippen LogP contribution in [0.5, 0.6) is 11.5 Å². The molecule has 2 fully saturated rings. The summed E-state index contributed by atoms with van der Waals surface area (Å²) in [6.07, 6.45) is 4.94. The zero-order chi connectivity index (χ0) is 15.4. The van der Waals surface area contributed by atoms with Crippen LogP contribution in [-0.2, 0) is 0 Å². The molecule has 2 atom stereocenters. The first-order chi connectivity index (χ1) is 11.3. The third-order valence-electron chi connectivity index (χ3n) is 5.28. The van der Waals surface area contributed by atoms with Gasteiger partial charge in [0.15, 0.2) is 0 Å². The maximum absolute atomic E-state index is 6.20. The van der Waals surface area contributed by atoms with E-state index in [9.17, 15) is 0 Å². The van der Waals surface area contributed by atoms with Gasteiger partial charge in [-0.3, -0.25) is 0 Å². The van der Waals surface area contributed by atoms with Crippen molar-refractivity contribution < 1.29 is 4.74 Å². The molecule has 3 heterocycles. The summed E-state index contributed by atoms with van der Waals surface area (Å²) in [4.78, 5) is 0. The second-order valence-corrected chi connectivity index (χ2v) is 7.59. The number of ether oxygens (including phenoxy) is 1. The van der Waals surface area contributed by atoms with Crippen molar-refractivity contribution in [3.05, 3.63) is 63.6 Å². The fraction of sp³-hybridized carbons (Fsp3) is 0.300. The Labute approximate surface area is 144 Å². The monoisotopic (exact) mass is 367 g/mol. The molecule has 116 valence electrons. The van der Waals surface area contributed by atoms with E-state index >= 15 is 0 Å². The first-order valence-electron chi connectivity index (χ1n) is 8.34. The van der Waals surface area contributed by atoms with E-state index in [-0.39, 0.29) is 0 Å². The van der Waals surface area contributed by atoms with E-state index in [2.05, 4.69) is 63.7 Å². The van der Waals surface area contributed by atoms with Crippen LogP contribution in [0.3, 0.4) is 0 Å². The van der Waals surface area contributed by atoms with Crippen LogP contribution in [0.25, 0.3) is 5.57 Å². The smallest absolute Gasteiger partial charge is 0.149 e. The van der Waals surface area contributed by atoms with Gasteiger partial charge in [0.05, 0.1) is 4.47 Å². The summed E-state index contributed by atoms with van der Waals surface area (Å²) >= 11 is 3.66. The lowest BCUT2D eigenvalue weighted by Crippen LogP contribution is -2.35. The van der Waals surface area contributed by atoms with Gasteiger partial charge in [-0.2, -0.15) is 0 Å². The summed E-state index contributed by atoms with van der Waals surface area (Å²) in [5.41, 5.74) is 5.47. The molecule has 2 aromatic carbocycles. The molecule has 3 heteroatoms. The molecule has 1 N–H and O–H groups in total. The summed E-state index contributed by atoms with van der Waals surface area (Å²) in [7, 11) is 0. The van der Waals surface area contributed by atoms with Gasteiger partial charge in [0, 0.05) is 23.2 Å². The van der Waals surface area contributed by atoms with Crippen LogP contribution >= 0.6 is 15.9 Å². The van der Waals surface area contributed by atoms with E-state index in [1.807, 2.05) is 0 Å². The SMILES string of the molecule is Brc1cccc2c1Oc1ccccc1/C2=C1\C[C@H]2CC[C@@H](C1)N2. The molecule has 0 unspecified atom stereocenters. The maximum Gasteiger partial charge on any atom is 0.149 e. The zero-order valence-electron chi connectivity index (χ0n) is 12.8. The zero-order valence-corrected chi connectivity index (χ0v) is 14.4. The number of nitrogens with one attached hydrogen (secondary N) is 1. The number of hydrogen-bond acceptors (Lipinski definition) is 2. The Morgan fingerprint density at radius 3 is 2.48 bits per heavy atom. The van der Waals surface area contributed by atoms with E-state index in [0.717, 1.165) is 28.8 Å². The predicted molar refractivity (Wildman–Crippen MR) is 95.9 cm³/mol. The van der Waals surface area contributed by atoms with Gasteiger partial charge in [0.2, 0.25) is 0 Å². The molecule has 5 rings (SSSR count). The largest absolute Gasteiger partial charge is 0.455 e. The van der Waals surface area contributed by atoms with Crippen molar-refractivity contribution in [3.8, 4) is 11.5 Å². The van der Waals surface area contributed by atoms with E-state index < -0.39 is 0 Å². The average Bonchev–Trinajstić information content (AvgIpc) is 2.91. The van der Waals surface area contributed by atoms with Gasteiger partial charge in [0.25, 0.3) is 0 Å². The van der Waals surface area contributed by atoms with E-state index in [0.29, 0.717) is 12.1 Å². The summed E-state index contributed by atoms with van der Waals surface area (Å²) in [5, 5.41) is 3.74. The number of fused-ring (bicyclic) bond motifs is 4. The molecule has 0 amide bonds. The number of hydrogen-bond donors (Lipinski definition) is 1. The molecule has 0 radical (unpaired) electrons. The van der Waals surface area contributed by atoms with Crippen molar-refractivity contribution in [2.45, 2.75) is 37.8 Å². The van der Waals surface area contributed by atoms with Crippen LogP contribution in [0.15, 0.2) is 52.5 Å². The van der Waals surface area contributed by atoms with Crippen molar-refractivity contribution in [2.75, 3.05) is 0 Å². The summed E-state index contributed by atoms with van der Waals surface area (Å²) in [5.74, 6) is 1.93. The Morgan fingerprint density at radius 2 is 1.65 bits per heavy atom. The van der Waals surface area contributed by atoms with Crippen LogP contribution in [-0.4, -0.2) is 12.1 Å². The minimum absolute atomic E-state index is 0.655. The van der Waals surface area contributed by atoms with Crippen molar-refractivity contribution in [1.82, 2.24) is 5.32 Å². The van der Waals surface area contributed by atoms with Gasteiger partial charge in [-0.1, -0.05) is 35.9 Å². The molecule has 2 nitrogen and oxygen atoms in total. The Balaban J connectivity index is 1.76. The van der Waals surface area contributed by atoms with Crippen LogP contribution in [0, 0.1) is 0 Å². The van der Waals surface area contributed by atoms with Gasteiger partial charge in [-0.05, 0) is 59.3 Å². The normalized spacial score (nSPS) is 28.0. The van der Waals surface area contributed by atoms with Crippen molar-refractivity contribution >= 4 is 21.5 Å².